The van der Waals surface area contributed by atoms with Gasteiger partial charge in [-0.3, -0.25) is 5.32 Å². The molecule has 1 N–H and O–H groups in total. The average molecular weight is 239 g/mol. The van der Waals surface area contributed by atoms with E-state index in [1.54, 1.807) is 0 Å². The van der Waals surface area contributed by atoms with Gasteiger partial charge in [0.1, 0.15) is 6.23 Å². The highest BCUT2D eigenvalue weighted by molar-refractivity contribution is 4.74. The second kappa shape index (κ2) is 9.67. The van der Waals surface area contributed by atoms with Gasteiger partial charge in [0.25, 0.3) is 0 Å². The number of hydrogen-bond donors (Lipinski definition) is 1. The van der Waals surface area contributed by atoms with Gasteiger partial charge >= 0.3 is 0 Å². The van der Waals surface area contributed by atoms with Crippen molar-refractivity contribution in [2.75, 3.05) is 6.61 Å². The molecule has 0 saturated carbocycles. The van der Waals surface area contributed by atoms with Gasteiger partial charge < -0.3 is 4.74 Å². The zero-order chi connectivity index (χ0) is 12.3. The minimum atomic E-state index is 0.334. The van der Waals surface area contributed by atoms with E-state index in [9.17, 15) is 0 Å². The van der Waals surface area contributed by atoms with Crippen molar-refractivity contribution in [1.82, 2.24) is 5.32 Å². The maximum Gasteiger partial charge on any atom is 0.108 e. The largest absolute Gasteiger partial charge is 0.362 e. The third-order valence-corrected chi connectivity index (χ3v) is 3.54. The van der Waals surface area contributed by atoms with Crippen LogP contribution in [0.15, 0.2) is 12.7 Å². The van der Waals surface area contributed by atoms with Crippen LogP contribution in [0.3, 0.4) is 0 Å². The number of allylic oxidation sites excluding steroid dienone is 1. The van der Waals surface area contributed by atoms with Crippen molar-refractivity contribution in [2.45, 2.75) is 77.0 Å². The van der Waals surface area contributed by atoms with Crippen LogP contribution in [-0.4, -0.2) is 18.9 Å². The van der Waals surface area contributed by atoms with Crippen molar-refractivity contribution in [3.8, 4) is 0 Å². The van der Waals surface area contributed by atoms with Crippen LogP contribution in [0, 0.1) is 0 Å². The lowest BCUT2D eigenvalue weighted by Crippen LogP contribution is -2.29. The third-order valence-electron chi connectivity index (χ3n) is 3.54. The van der Waals surface area contributed by atoms with Gasteiger partial charge in [0.15, 0.2) is 0 Å². The first kappa shape index (κ1) is 14.7. The lowest BCUT2D eigenvalue weighted by Gasteiger charge is -2.10. The predicted octanol–water partition coefficient (Wildman–Crippen LogP) is 4.02. The standard InChI is InChI=1S/C15H29NO/c1-3-5-6-7-8-9-10-11-12-15-16-14(4-2)13-17-15/h3,14-16H,1,4-13H2,2H3. The van der Waals surface area contributed by atoms with Crippen LogP contribution < -0.4 is 5.32 Å². The van der Waals surface area contributed by atoms with E-state index in [0.717, 1.165) is 6.61 Å². The van der Waals surface area contributed by atoms with Gasteiger partial charge in [0.2, 0.25) is 0 Å². The molecule has 1 aliphatic heterocycles. The van der Waals surface area contributed by atoms with Gasteiger partial charge in [-0.2, -0.15) is 0 Å². The van der Waals surface area contributed by atoms with Crippen molar-refractivity contribution in [1.29, 1.82) is 0 Å². The Morgan fingerprint density at radius 2 is 1.88 bits per heavy atom. The Kier molecular flexibility index (Phi) is 8.37. The monoisotopic (exact) mass is 239 g/mol. The SMILES string of the molecule is C=CCCCCCCCCC1NC(CC)CO1. The fourth-order valence-electron chi connectivity index (χ4n) is 2.32. The van der Waals surface area contributed by atoms with Crippen LogP contribution in [-0.2, 0) is 4.74 Å². The number of unbranched alkanes of at least 4 members (excludes halogenated alkanes) is 6. The van der Waals surface area contributed by atoms with E-state index in [2.05, 4.69) is 18.8 Å². The lowest BCUT2D eigenvalue weighted by atomic mass is 10.1. The molecular weight excluding hydrogens is 210 g/mol. The third kappa shape index (κ3) is 6.85. The summed E-state index contributed by atoms with van der Waals surface area (Å²) in [5.41, 5.74) is 0. The van der Waals surface area contributed by atoms with E-state index < -0.39 is 0 Å². The van der Waals surface area contributed by atoms with E-state index in [1.807, 2.05) is 6.08 Å². The van der Waals surface area contributed by atoms with Gasteiger partial charge in [-0.05, 0) is 32.1 Å². The second-order valence-corrected chi connectivity index (χ2v) is 5.08. The molecule has 0 radical (unpaired) electrons. The lowest BCUT2D eigenvalue weighted by molar-refractivity contribution is 0.0908. The molecule has 2 heteroatoms. The van der Waals surface area contributed by atoms with E-state index in [0.29, 0.717) is 12.3 Å². The maximum absolute atomic E-state index is 5.69. The number of ether oxygens (including phenoxy) is 1. The highest BCUT2D eigenvalue weighted by atomic mass is 16.5. The van der Waals surface area contributed by atoms with Gasteiger partial charge in [-0.1, -0.05) is 38.7 Å². The van der Waals surface area contributed by atoms with Crippen LogP contribution in [0.1, 0.15) is 64.7 Å². The smallest absolute Gasteiger partial charge is 0.108 e. The number of rotatable bonds is 10. The Bertz CT molecular complexity index is 193. The van der Waals surface area contributed by atoms with Crippen LogP contribution in [0.4, 0.5) is 0 Å². The second-order valence-electron chi connectivity index (χ2n) is 5.08. The summed E-state index contributed by atoms with van der Waals surface area (Å²) < 4.78 is 5.69. The fraction of sp³-hybridized carbons (Fsp3) is 0.867. The Morgan fingerprint density at radius 1 is 1.18 bits per heavy atom. The molecule has 1 fully saturated rings. The molecule has 1 aliphatic rings. The molecule has 0 aromatic carbocycles. The minimum absolute atomic E-state index is 0.334. The Balaban J connectivity index is 1.83. The van der Waals surface area contributed by atoms with Crippen molar-refractivity contribution in [2.24, 2.45) is 0 Å². The highest BCUT2D eigenvalue weighted by Crippen LogP contribution is 2.14. The first-order valence-corrected chi connectivity index (χ1v) is 7.35. The highest BCUT2D eigenvalue weighted by Gasteiger charge is 2.21. The predicted molar refractivity (Wildman–Crippen MR) is 74.1 cm³/mol. The molecule has 0 aliphatic carbocycles. The first-order chi connectivity index (χ1) is 8.36. The molecule has 100 valence electrons. The van der Waals surface area contributed by atoms with Crippen LogP contribution in [0.2, 0.25) is 0 Å². The Labute approximate surface area is 107 Å². The molecule has 17 heavy (non-hydrogen) atoms. The van der Waals surface area contributed by atoms with Gasteiger partial charge in [0.05, 0.1) is 6.61 Å². The molecule has 2 nitrogen and oxygen atoms in total. The van der Waals surface area contributed by atoms with Crippen LogP contribution in [0.5, 0.6) is 0 Å². The number of nitrogens with one attached hydrogen (secondary N) is 1. The molecule has 1 saturated heterocycles. The normalized spacial score (nSPS) is 24.1. The number of hydrogen-bond acceptors (Lipinski definition) is 2. The topological polar surface area (TPSA) is 21.3 Å². The van der Waals surface area contributed by atoms with E-state index in [-0.39, 0.29) is 0 Å². The van der Waals surface area contributed by atoms with Crippen molar-refractivity contribution in [3.05, 3.63) is 12.7 Å². The van der Waals surface area contributed by atoms with Gasteiger partial charge in [-0.25, -0.2) is 0 Å². The van der Waals surface area contributed by atoms with E-state index >= 15 is 0 Å². The first-order valence-electron chi connectivity index (χ1n) is 7.35. The summed E-state index contributed by atoms with van der Waals surface area (Å²) in [6.07, 6.45) is 14.0. The summed E-state index contributed by atoms with van der Waals surface area (Å²) in [7, 11) is 0. The van der Waals surface area contributed by atoms with Crippen LogP contribution in [0.25, 0.3) is 0 Å². The molecule has 0 bridgehead atoms. The van der Waals surface area contributed by atoms with Crippen molar-refractivity contribution >= 4 is 0 Å². The molecule has 0 aromatic heterocycles. The molecule has 2 unspecified atom stereocenters. The summed E-state index contributed by atoms with van der Waals surface area (Å²) in [5.74, 6) is 0. The summed E-state index contributed by atoms with van der Waals surface area (Å²) in [5, 5.41) is 3.53. The van der Waals surface area contributed by atoms with Crippen molar-refractivity contribution in [3.63, 3.8) is 0 Å². The molecule has 0 amide bonds. The van der Waals surface area contributed by atoms with Gasteiger partial charge in [-0.15, -0.1) is 6.58 Å². The minimum Gasteiger partial charge on any atom is -0.362 e. The maximum atomic E-state index is 5.69. The summed E-state index contributed by atoms with van der Waals surface area (Å²) in [6, 6.07) is 0.596. The summed E-state index contributed by atoms with van der Waals surface area (Å²) in [6.45, 7) is 6.86. The summed E-state index contributed by atoms with van der Waals surface area (Å²) >= 11 is 0. The molecule has 1 heterocycles. The zero-order valence-corrected chi connectivity index (χ0v) is 11.4. The Hall–Kier alpha value is -0.340. The van der Waals surface area contributed by atoms with E-state index in [4.69, 9.17) is 4.74 Å². The quantitative estimate of drug-likeness (QED) is 0.459. The van der Waals surface area contributed by atoms with Crippen molar-refractivity contribution < 1.29 is 4.74 Å². The molecule has 0 aromatic rings. The molecule has 1 rings (SSSR count). The zero-order valence-electron chi connectivity index (χ0n) is 11.4. The molecule has 0 spiro atoms. The average Bonchev–Trinajstić information content (AvgIpc) is 2.80. The van der Waals surface area contributed by atoms with Crippen LogP contribution >= 0.6 is 0 Å². The fourth-order valence-corrected chi connectivity index (χ4v) is 2.32. The Morgan fingerprint density at radius 3 is 2.53 bits per heavy atom. The summed E-state index contributed by atoms with van der Waals surface area (Å²) in [4.78, 5) is 0. The molecular formula is C15H29NO. The molecule has 2 atom stereocenters. The van der Waals surface area contributed by atoms with Gasteiger partial charge in [0, 0.05) is 6.04 Å². The van der Waals surface area contributed by atoms with E-state index in [1.165, 1.54) is 57.8 Å².